The summed E-state index contributed by atoms with van der Waals surface area (Å²) in [6.45, 7) is 1.17. The molecule has 4 nitrogen and oxygen atoms in total. The molecule has 0 spiro atoms. The number of carbonyl (C=O) groups is 1. The number of ether oxygens (including phenoxy) is 2. The van der Waals surface area contributed by atoms with Crippen LogP contribution in [0.2, 0.25) is 0 Å². The second-order valence-electron chi connectivity index (χ2n) is 6.11. The van der Waals surface area contributed by atoms with E-state index in [1.807, 2.05) is 70.9 Å². The second kappa shape index (κ2) is 9.24. The zero-order valence-corrected chi connectivity index (χ0v) is 16.4. The van der Waals surface area contributed by atoms with Crippen molar-refractivity contribution < 1.29 is 14.3 Å². The highest BCUT2D eigenvalue weighted by molar-refractivity contribution is 7.12. The number of nitrogens with zero attached hydrogens (tertiary/aromatic N) is 1. The lowest BCUT2D eigenvalue weighted by Crippen LogP contribution is -2.32. The third kappa shape index (κ3) is 4.89. The minimum Gasteiger partial charge on any atom is -0.497 e. The molecule has 0 aliphatic heterocycles. The molecule has 140 valence electrons. The molecule has 0 unspecified atom stereocenters. The maximum absolute atomic E-state index is 13.0. The molecule has 0 aliphatic rings. The van der Waals surface area contributed by atoms with E-state index in [1.54, 1.807) is 14.2 Å². The maximum atomic E-state index is 13.0. The van der Waals surface area contributed by atoms with E-state index in [0.717, 1.165) is 33.9 Å². The van der Waals surface area contributed by atoms with Gasteiger partial charge in [-0.1, -0.05) is 36.4 Å². The normalized spacial score (nSPS) is 10.4. The lowest BCUT2D eigenvalue weighted by molar-refractivity contribution is 0.0749. The van der Waals surface area contributed by atoms with Crippen LogP contribution in [0.15, 0.2) is 66.0 Å². The second-order valence-corrected chi connectivity index (χ2v) is 7.06. The van der Waals surface area contributed by atoms with Gasteiger partial charge in [-0.3, -0.25) is 4.79 Å². The molecule has 0 saturated heterocycles. The molecule has 1 heterocycles. The van der Waals surface area contributed by atoms with Crippen molar-refractivity contribution >= 4 is 17.2 Å². The lowest BCUT2D eigenvalue weighted by Gasteiger charge is -2.23. The number of hydrogen-bond acceptors (Lipinski definition) is 4. The minimum atomic E-state index is 0.0516. The van der Waals surface area contributed by atoms with E-state index in [2.05, 4.69) is 0 Å². The Morgan fingerprint density at radius 1 is 0.963 bits per heavy atom. The summed E-state index contributed by atoms with van der Waals surface area (Å²) >= 11 is 1.47. The first-order valence-corrected chi connectivity index (χ1v) is 9.67. The molecule has 27 heavy (non-hydrogen) atoms. The highest BCUT2D eigenvalue weighted by Gasteiger charge is 2.18. The number of rotatable bonds is 8. The van der Waals surface area contributed by atoms with Crippen LogP contribution in [0.1, 0.15) is 20.8 Å². The molecule has 3 aromatic rings. The molecule has 0 radical (unpaired) electrons. The van der Waals surface area contributed by atoms with Crippen molar-refractivity contribution in [1.29, 1.82) is 0 Å². The van der Waals surface area contributed by atoms with Gasteiger partial charge in [-0.15, -0.1) is 11.3 Å². The fourth-order valence-electron chi connectivity index (χ4n) is 2.92. The molecule has 3 rings (SSSR count). The smallest absolute Gasteiger partial charge is 0.264 e. The fourth-order valence-corrected chi connectivity index (χ4v) is 3.62. The van der Waals surface area contributed by atoms with E-state index < -0.39 is 0 Å². The first-order valence-electron chi connectivity index (χ1n) is 8.79. The molecule has 0 saturated carbocycles. The van der Waals surface area contributed by atoms with Gasteiger partial charge in [0.05, 0.1) is 19.1 Å². The zero-order chi connectivity index (χ0) is 19.1. The number of para-hydroxylation sites is 1. The Bertz CT molecular complexity index is 860. The van der Waals surface area contributed by atoms with Gasteiger partial charge < -0.3 is 14.4 Å². The summed E-state index contributed by atoms with van der Waals surface area (Å²) < 4.78 is 10.7. The van der Waals surface area contributed by atoms with Gasteiger partial charge in [0.15, 0.2) is 0 Å². The van der Waals surface area contributed by atoms with Gasteiger partial charge in [-0.2, -0.15) is 0 Å². The fraction of sp³-hybridized carbons (Fsp3) is 0.227. The van der Waals surface area contributed by atoms with Crippen molar-refractivity contribution in [2.45, 2.75) is 13.0 Å². The van der Waals surface area contributed by atoms with Gasteiger partial charge in [-0.25, -0.2) is 0 Å². The Balaban J connectivity index is 1.77. The maximum Gasteiger partial charge on any atom is 0.264 e. The van der Waals surface area contributed by atoms with Crippen molar-refractivity contribution in [3.63, 3.8) is 0 Å². The van der Waals surface area contributed by atoms with Gasteiger partial charge in [0, 0.05) is 13.1 Å². The predicted octanol–water partition coefficient (Wildman–Crippen LogP) is 4.65. The molecule has 0 aliphatic carbocycles. The summed E-state index contributed by atoms with van der Waals surface area (Å²) in [5, 5.41) is 1.93. The van der Waals surface area contributed by atoms with Crippen LogP contribution in [0.4, 0.5) is 0 Å². The van der Waals surface area contributed by atoms with Crippen LogP contribution in [-0.4, -0.2) is 31.6 Å². The Kier molecular flexibility index (Phi) is 6.49. The number of benzene rings is 2. The average molecular weight is 381 g/mol. The molecular formula is C22H23NO3S. The molecule has 0 N–H and O–H groups in total. The van der Waals surface area contributed by atoms with E-state index >= 15 is 0 Å². The topological polar surface area (TPSA) is 38.8 Å². The van der Waals surface area contributed by atoms with Crippen LogP contribution in [0.3, 0.4) is 0 Å². The molecule has 0 bridgehead atoms. The molecule has 5 heteroatoms. The first kappa shape index (κ1) is 19.0. The third-order valence-corrected chi connectivity index (χ3v) is 5.25. The molecule has 0 fully saturated rings. The number of amides is 1. The predicted molar refractivity (Wildman–Crippen MR) is 109 cm³/mol. The van der Waals surface area contributed by atoms with Crippen molar-refractivity contribution in [3.05, 3.63) is 82.0 Å². The van der Waals surface area contributed by atoms with Gasteiger partial charge in [0.2, 0.25) is 0 Å². The monoisotopic (exact) mass is 381 g/mol. The van der Waals surface area contributed by atoms with Gasteiger partial charge >= 0.3 is 0 Å². The van der Waals surface area contributed by atoms with Gasteiger partial charge in [0.25, 0.3) is 5.91 Å². The van der Waals surface area contributed by atoms with Crippen molar-refractivity contribution in [1.82, 2.24) is 4.90 Å². The Hall–Kier alpha value is -2.79. The summed E-state index contributed by atoms with van der Waals surface area (Å²) in [4.78, 5) is 15.6. The minimum absolute atomic E-state index is 0.0516. The van der Waals surface area contributed by atoms with Crippen LogP contribution in [0, 0.1) is 0 Å². The van der Waals surface area contributed by atoms with Crippen molar-refractivity contribution in [3.8, 4) is 11.5 Å². The van der Waals surface area contributed by atoms with Gasteiger partial charge in [-0.05, 0) is 47.2 Å². The Morgan fingerprint density at radius 2 is 1.74 bits per heavy atom. The third-order valence-electron chi connectivity index (χ3n) is 4.40. The van der Waals surface area contributed by atoms with E-state index in [4.69, 9.17) is 9.47 Å². The van der Waals surface area contributed by atoms with E-state index in [-0.39, 0.29) is 5.91 Å². The first-order chi connectivity index (χ1) is 13.2. The van der Waals surface area contributed by atoms with Crippen LogP contribution in [-0.2, 0) is 13.0 Å². The van der Waals surface area contributed by atoms with Crippen LogP contribution < -0.4 is 9.47 Å². The summed E-state index contributed by atoms with van der Waals surface area (Å²) in [5.41, 5.74) is 2.17. The lowest BCUT2D eigenvalue weighted by atomic mass is 10.1. The largest absolute Gasteiger partial charge is 0.497 e. The van der Waals surface area contributed by atoms with Crippen LogP contribution >= 0.6 is 11.3 Å². The van der Waals surface area contributed by atoms with Crippen molar-refractivity contribution in [2.24, 2.45) is 0 Å². The van der Waals surface area contributed by atoms with Crippen molar-refractivity contribution in [2.75, 3.05) is 20.8 Å². The standard InChI is InChI=1S/C22H23NO3S/c1-25-19-11-9-17(10-12-19)16-23(22(24)21-8-5-15-27-21)14-13-18-6-3-4-7-20(18)26-2/h3-12,15H,13-14,16H2,1-2H3. The Morgan fingerprint density at radius 3 is 2.41 bits per heavy atom. The molecule has 0 atom stereocenters. The summed E-state index contributed by atoms with van der Waals surface area (Å²) in [7, 11) is 3.32. The highest BCUT2D eigenvalue weighted by atomic mass is 32.1. The van der Waals surface area contributed by atoms with E-state index in [9.17, 15) is 4.79 Å². The SMILES string of the molecule is COc1ccc(CN(CCc2ccccc2OC)C(=O)c2cccs2)cc1. The molecular weight excluding hydrogens is 358 g/mol. The van der Waals surface area contributed by atoms with E-state index in [0.29, 0.717) is 13.1 Å². The number of carbonyl (C=O) groups excluding carboxylic acids is 1. The Labute approximate surface area is 164 Å². The summed E-state index contributed by atoms with van der Waals surface area (Å²) in [6.07, 6.45) is 0.733. The van der Waals surface area contributed by atoms with Crippen LogP contribution in [0.25, 0.3) is 0 Å². The van der Waals surface area contributed by atoms with E-state index in [1.165, 1.54) is 11.3 Å². The highest BCUT2D eigenvalue weighted by Crippen LogP contribution is 2.21. The summed E-state index contributed by atoms with van der Waals surface area (Å²) in [5.74, 6) is 1.71. The zero-order valence-electron chi connectivity index (χ0n) is 15.6. The van der Waals surface area contributed by atoms with Crippen LogP contribution in [0.5, 0.6) is 11.5 Å². The quantitative estimate of drug-likeness (QED) is 0.570. The molecule has 2 aromatic carbocycles. The van der Waals surface area contributed by atoms with Gasteiger partial charge in [0.1, 0.15) is 11.5 Å². The summed E-state index contributed by atoms with van der Waals surface area (Å²) in [6, 6.07) is 19.5. The number of thiophene rings is 1. The molecule has 1 amide bonds. The molecule has 1 aromatic heterocycles. The number of hydrogen-bond donors (Lipinski definition) is 0. The average Bonchev–Trinajstić information content (AvgIpc) is 3.26. The number of methoxy groups -OCH3 is 2.